The fourth-order valence-corrected chi connectivity index (χ4v) is 2.30. The van der Waals surface area contributed by atoms with E-state index in [9.17, 15) is 4.39 Å². The molecule has 7 heteroatoms. The Bertz CT molecular complexity index is 833. The van der Waals surface area contributed by atoms with Crippen molar-refractivity contribution in [1.82, 2.24) is 14.8 Å². The molecule has 130 valence electrons. The van der Waals surface area contributed by atoms with Crippen LogP contribution in [0.5, 0.6) is 6.01 Å². The number of ether oxygens (including phenoxy) is 2. The van der Waals surface area contributed by atoms with Gasteiger partial charge < -0.3 is 15.2 Å². The number of rotatable bonds is 7. The van der Waals surface area contributed by atoms with Gasteiger partial charge in [0.15, 0.2) is 5.82 Å². The summed E-state index contributed by atoms with van der Waals surface area (Å²) in [5.74, 6) is 0.138. The van der Waals surface area contributed by atoms with Gasteiger partial charge in [0.05, 0.1) is 12.3 Å². The summed E-state index contributed by atoms with van der Waals surface area (Å²) in [6.07, 6.45) is 0. The van der Waals surface area contributed by atoms with E-state index in [4.69, 9.17) is 15.2 Å². The highest BCUT2D eigenvalue weighted by atomic mass is 19.1. The first kappa shape index (κ1) is 16.9. The maximum absolute atomic E-state index is 13.6. The Morgan fingerprint density at radius 3 is 2.64 bits per heavy atom. The minimum absolute atomic E-state index is 0.204. The number of anilines is 1. The number of nitrogen functional groups attached to an aromatic ring is 1. The van der Waals surface area contributed by atoms with Crippen LogP contribution in [-0.2, 0) is 4.74 Å². The number of aromatic nitrogens is 3. The van der Waals surface area contributed by atoms with Gasteiger partial charge in [0.25, 0.3) is 0 Å². The van der Waals surface area contributed by atoms with Crippen LogP contribution in [0.3, 0.4) is 0 Å². The molecule has 2 aromatic carbocycles. The Kier molecular flexibility index (Phi) is 5.25. The third-order valence-electron chi connectivity index (χ3n) is 3.47. The molecule has 6 nitrogen and oxygen atoms in total. The summed E-state index contributed by atoms with van der Waals surface area (Å²) in [6.45, 7) is 3.31. The summed E-state index contributed by atoms with van der Waals surface area (Å²) in [6, 6.07) is 13.6. The van der Waals surface area contributed by atoms with Crippen LogP contribution in [0.4, 0.5) is 10.1 Å². The molecule has 0 aliphatic carbocycles. The van der Waals surface area contributed by atoms with Crippen molar-refractivity contribution in [1.29, 1.82) is 0 Å². The standard InChI is InChI=1S/C18H19FN4O2/c1-2-24-10-11-25-18-21-17(13-4-3-5-14(19)12-13)23(22-18)16-8-6-15(20)7-9-16/h3-9,12H,2,10-11,20H2,1H3. The van der Waals surface area contributed by atoms with Gasteiger partial charge in [-0.1, -0.05) is 12.1 Å². The summed E-state index contributed by atoms with van der Waals surface area (Å²) in [5.41, 5.74) is 7.73. The van der Waals surface area contributed by atoms with Crippen molar-refractivity contribution in [2.45, 2.75) is 6.92 Å². The first-order valence-corrected chi connectivity index (χ1v) is 7.97. The van der Waals surface area contributed by atoms with E-state index in [-0.39, 0.29) is 11.8 Å². The van der Waals surface area contributed by atoms with E-state index < -0.39 is 0 Å². The van der Waals surface area contributed by atoms with Gasteiger partial charge in [0.2, 0.25) is 0 Å². The number of benzene rings is 2. The molecule has 0 amide bonds. The lowest BCUT2D eigenvalue weighted by Gasteiger charge is -2.06. The van der Waals surface area contributed by atoms with Crippen molar-refractivity contribution >= 4 is 5.69 Å². The molecule has 3 aromatic rings. The average molecular weight is 342 g/mol. The Balaban J connectivity index is 1.96. The van der Waals surface area contributed by atoms with Crippen molar-refractivity contribution in [3.05, 3.63) is 54.3 Å². The van der Waals surface area contributed by atoms with Gasteiger partial charge in [-0.05, 0) is 43.3 Å². The largest absolute Gasteiger partial charge is 0.460 e. The molecule has 1 aromatic heterocycles. The molecule has 1 heterocycles. The number of nitrogens with zero attached hydrogens (tertiary/aromatic N) is 3. The second-order valence-corrected chi connectivity index (χ2v) is 5.28. The maximum Gasteiger partial charge on any atom is 0.336 e. The summed E-state index contributed by atoms with van der Waals surface area (Å²) in [4.78, 5) is 4.39. The lowest BCUT2D eigenvalue weighted by atomic mass is 10.2. The van der Waals surface area contributed by atoms with Crippen molar-refractivity contribution in [2.75, 3.05) is 25.6 Å². The highest BCUT2D eigenvalue weighted by molar-refractivity contribution is 5.59. The minimum atomic E-state index is -0.344. The zero-order chi connectivity index (χ0) is 17.6. The van der Waals surface area contributed by atoms with Crippen LogP contribution in [-0.4, -0.2) is 34.6 Å². The van der Waals surface area contributed by atoms with E-state index in [1.165, 1.54) is 12.1 Å². The molecule has 0 atom stereocenters. The van der Waals surface area contributed by atoms with Crippen molar-refractivity contribution < 1.29 is 13.9 Å². The van der Waals surface area contributed by atoms with E-state index in [0.717, 1.165) is 5.69 Å². The molecule has 0 radical (unpaired) electrons. The van der Waals surface area contributed by atoms with E-state index >= 15 is 0 Å². The Morgan fingerprint density at radius 2 is 1.92 bits per heavy atom. The molecular weight excluding hydrogens is 323 g/mol. The Hall–Kier alpha value is -2.93. The SMILES string of the molecule is CCOCCOc1nc(-c2cccc(F)c2)n(-c2ccc(N)cc2)n1. The Labute approximate surface area is 145 Å². The summed E-state index contributed by atoms with van der Waals surface area (Å²) in [7, 11) is 0. The van der Waals surface area contributed by atoms with E-state index in [1.807, 2.05) is 19.1 Å². The molecule has 0 saturated heterocycles. The first-order chi connectivity index (χ1) is 12.2. The molecule has 0 saturated carbocycles. The molecule has 0 fully saturated rings. The molecule has 3 rings (SSSR count). The average Bonchev–Trinajstić information content (AvgIpc) is 3.04. The molecule has 25 heavy (non-hydrogen) atoms. The summed E-state index contributed by atoms with van der Waals surface area (Å²) in [5, 5.41) is 4.38. The summed E-state index contributed by atoms with van der Waals surface area (Å²) < 4.78 is 26.0. The minimum Gasteiger partial charge on any atom is -0.460 e. The number of hydrogen-bond acceptors (Lipinski definition) is 5. The van der Waals surface area contributed by atoms with Gasteiger partial charge in [-0.3, -0.25) is 0 Å². The second-order valence-electron chi connectivity index (χ2n) is 5.28. The number of hydrogen-bond donors (Lipinski definition) is 1. The van der Waals surface area contributed by atoms with E-state index in [2.05, 4.69) is 10.1 Å². The summed E-state index contributed by atoms with van der Waals surface area (Å²) >= 11 is 0. The highest BCUT2D eigenvalue weighted by Crippen LogP contribution is 2.24. The lowest BCUT2D eigenvalue weighted by molar-refractivity contribution is 0.106. The molecule has 0 bridgehead atoms. The Morgan fingerprint density at radius 1 is 1.12 bits per heavy atom. The van der Waals surface area contributed by atoms with Crippen LogP contribution in [0, 0.1) is 5.82 Å². The molecule has 0 spiro atoms. The van der Waals surface area contributed by atoms with Gasteiger partial charge in [-0.25, -0.2) is 9.07 Å². The van der Waals surface area contributed by atoms with Crippen LogP contribution >= 0.6 is 0 Å². The van der Waals surface area contributed by atoms with Crippen molar-refractivity contribution in [2.24, 2.45) is 0 Å². The van der Waals surface area contributed by atoms with Gasteiger partial charge in [0, 0.05) is 17.9 Å². The number of halogens is 1. The maximum atomic E-state index is 13.6. The van der Waals surface area contributed by atoms with Crippen LogP contribution in [0.25, 0.3) is 17.1 Å². The van der Waals surface area contributed by atoms with E-state index in [0.29, 0.717) is 36.9 Å². The smallest absolute Gasteiger partial charge is 0.336 e. The van der Waals surface area contributed by atoms with Crippen LogP contribution in [0.2, 0.25) is 0 Å². The third kappa shape index (κ3) is 4.13. The second kappa shape index (κ2) is 7.76. The monoisotopic (exact) mass is 342 g/mol. The fourth-order valence-electron chi connectivity index (χ4n) is 2.30. The highest BCUT2D eigenvalue weighted by Gasteiger charge is 2.15. The number of nitrogens with two attached hydrogens (primary N) is 1. The van der Waals surface area contributed by atoms with Crippen LogP contribution in [0.15, 0.2) is 48.5 Å². The third-order valence-corrected chi connectivity index (χ3v) is 3.47. The fraction of sp³-hybridized carbons (Fsp3) is 0.222. The topological polar surface area (TPSA) is 75.2 Å². The van der Waals surface area contributed by atoms with Gasteiger partial charge >= 0.3 is 6.01 Å². The molecule has 2 N–H and O–H groups in total. The zero-order valence-electron chi connectivity index (χ0n) is 13.9. The quantitative estimate of drug-likeness (QED) is 0.527. The van der Waals surface area contributed by atoms with E-state index in [1.54, 1.807) is 28.9 Å². The normalized spacial score (nSPS) is 10.8. The van der Waals surface area contributed by atoms with Crippen LogP contribution < -0.4 is 10.5 Å². The zero-order valence-corrected chi connectivity index (χ0v) is 13.9. The van der Waals surface area contributed by atoms with Crippen molar-refractivity contribution in [3.8, 4) is 23.1 Å². The molecule has 0 unspecified atom stereocenters. The van der Waals surface area contributed by atoms with Gasteiger partial charge in [-0.2, -0.15) is 4.98 Å². The lowest BCUT2D eigenvalue weighted by Crippen LogP contribution is -2.07. The molecule has 0 aliphatic rings. The van der Waals surface area contributed by atoms with Crippen molar-refractivity contribution in [3.63, 3.8) is 0 Å². The van der Waals surface area contributed by atoms with Crippen LogP contribution in [0.1, 0.15) is 6.92 Å². The van der Waals surface area contributed by atoms with Gasteiger partial charge in [-0.15, -0.1) is 5.10 Å². The first-order valence-electron chi connectivity index (χ1n) is 7.97. The molecule has 0 aliphatic heterocycles. The predicted octanol–water partition coefficient (Wildman–Crippen LogP) is 3.07. The predicted molar refractivity (Wildman–Crippen MR) is 93.2 cm³/mol. The molecular formula is C18H19FN4O2. The van der Waals surface area contributed by atoms with Gasteiger partial charge in [0.1, 0.15) is 12.4 Å².